The number of methoxy groups -OCH3 is 1. The van der Waals surface area contributed by atoms with Crippen LogP contribution in [-0.4, -0.2) is 36.6 Å². The molecule has 0 amide bonds. The molecule has 0 aliphatic carbocycles. The summed E-state index contributed by atoms with van der Waals surface area (Å²) in [7, 11) is 1.59. The number of halogens is 1. The van der Waals surface area contributed by atoms with Gasteiger partial charge in [0.2, 0.25) is 5.78 Å². The highest BCUT2D eigenvalue weighted by atomic mass is 79.9. The van der Waals surface area contributed by atoms with Crippen molar-refractivity contribution in [1.29, 1.82) is 0 Å². The summed E-state index contributed by atoms with van der Waals surface area (Å²) in [6.45, 7) is 7.70. The van der Waals surface area contributed by atoms with E-state index < -0.39 is 11.2 Å². The Morgan fingerprint density at radius 3 is 2.65 bits per heavy atom. The zero-order chi connectivity index (χ0) is 17.3. The van der Waals surface area contributed by atoms with Crippen molar-refractivity contribution < 1.29 is 14.3 Å². The number of hydrogen-bond acceptors (Lipinski definition) is 4. The van der Waals surface area contributed by atoms with Gasteiger partial charge in [-0.1, -0.05) is 22.9 Å². The summed E-state index contributed by atoms with van der Waals surface area (Å²) in [4.78, 5) is 17.0. The highest BCUT2D eigenvalue weighted by Gasteiger charge is 2.52. The summed E-state index contributed by atoms with van der Waals surface area (Å²) in [5.41, 5.74) is 0.597. The summed E-state index contributed by atoms with van der Waals surface area (Å²) in [5.74, 6) is 2.84. The zero-order valence-electron chi connectivity index (χ0n) is 14.2. The van der Waals surface area contributed by atoms with E-state index in [1.54, 1.807) is 21.0 Å². The Morgan fingerprint density at radius 1 is 1.35 bits per heavy atom. The fourth-order valence-corrected chi connectivity index (χ4v) is 3.22. The van der Waals surface area contributed by atoms with Crippen LogP contribution in [-0.2, 0) is 20.7 Å². The van der Waals surface area contributed by atoms with Gasteiger partial charge in [-0.15, -0.1) is 0 Å². The molecule has 0 saturated carbocycles. The molecule has 4 nitrogen and oxygen atoms in total. The molecule has 1 aliphatic rings. The van der Waals surface area contributed by atoms with Crippen LogP contribution in [0.25, 0.3) is 0 Å². The van der Waals surface area contributed by atoms with Gasteiger partial charge < -0.3 is 9.47 Å². The molecule has 1 unspecified atom stereocenters. The summed E-state index contributed by atoms with van der Waals surface area (Å²) >= 11 is 3.46. The molecular formula is C18H22BrNO3. The van der Waals surface area contributed by atoms with Crippen LogP contribution in [0.5, 0.6) is 0 Å². The Balaban J connectivity index is 2.53. The van der Waals surface area contributed by atoms with E-state index >= 15 is 0 Å². The van der Waals surface area contributed by atoms with Gasteiger partial charge in [0, 0.05) is 11.6 Å². The minimum absolute atomic E-state index is 0.101. The largest absolute Gasteiger partial charge is 0.381 e. The molecule has 2 rings (SSSR count). The lowest BCUT2D eigenvalue weighted by Crippen LogP contribution is -2.34. The number of carbonyl (C=O) groups excluding carboxylic acids is 1. The van der Waals surface area contributed by atoms with E-state index in [2.05, 4.69) is 33.7 Å². The predicted molar refractivity (Wildman–Crippen MR) is 94.6 cm³/mol. The van der Waals surface area contributed by atoms with Gasteiger partial charge in [-0.2, -0.15) is 0 Å². The van der Waals surface area contributed by atoms with Crippen LogP contribution in [0.2, 0.25) is 0 Å². The van der Waals surface area contributed by atoms with E-state index in [9.17, 15) is 4.79 Å². The van der Waals surface area contributed by atoms with Gasteiger partial charge in [0.05, 0.1) is 17.9 Å². The van der Waals surface area contributed by atoms with Crippen molar-refractivity contribution in [1.82, 2.24) is 0 Å². The van der Waals surface area contributed by atoms with Crippen molar-refractivity contribution in [3.63, 3.8) is 0 Å². The SMILES string of the molecule is CCc1cc(Br)ccc1N=C=C1C(=O)C(C)(C)OC1(C)COC. The monoisotopic (exact) mass is 379 g/mol. The molecule has 0 bridgehead atoms. The number of aliphatic imine (C=N–C) groups is 1. The second kappa shape index (κ2) is 6.70. The first kappa shape index (κ1) is 18.1. The number of Topliss-reactive ketones (excluding diaryl/α,β-unsaturated/α-hetero) is 1. The van der Waals surface area contributed by atoms with Crippen LogP contribution in [0.3, 0.4) is 0 Å². The number of ether oxygens (including phenoxy) is 2. The molecular weight excluding hydrogens is 358 g/mol. The topological polar surface area (TPSA) is 47.9 Å². The Kier molecular flexibility index (Phi) is 5.27. The van der Waals surface area contributed by atoms with E-state index in [0.717, 1.165) is 22.1 Å². The summed E-state index contributed by atoms with van der Waals surface area (Å²) in [5, 5.41) is 0. The molecule has 1 atom stereocenters. The Labute approximate surface area is 145 Å². The second-order valence-electron chi connectivity index (χ2n) is 6.33. The molecule has 1 heterocycles. The third-order valence-corrected chi connectivity index (χ3v) is 4.41. The van der Waals surface area contributed by atoms with E-state index in [1.165, 1.54) is 0 Å². The fraction of sp³-hybridized carbons (Fsp3) is 0.500. The van der Waals surface area contributed by atoms with Crippen molar-refractivity contribution in [2.75, 3.05) is 13.7 Å². The van der Waals surface area contributed by atoms with Gasteiger partial charge in [0.1, 0.15) is 11.2 Å². The maximum absolute atomic E-state index is 12.6. The second-order valence-corrected chi connectivity index (χ2v) is 7.25. The fourth-order valence-electron chi connectivity index (χ4n) is 2.81. The molecule has 23 heavy (non-hydrogen) atoms. The Bertz CT molecular complexity index is 690. The molecule has 1 fully saturated rings. The molecule has 1 saturated heterocycles. The molecule has 124 valence electrons. The van der Waals surface area contributed by atoms with Crippen LogP contribution in [0.4, 0.5) is 5.69 Å². The Morgan fingerprint density at radius 2 is 2.04 bits per heavy atom. The lowest BCUT2D eigenvalue weighted by molar-refractivity contribution is -0.136. The lowest BCUT2D eigenvalue weighted by Gasteiger charge is -2.25. The molecule has 1 aromatic rings. The number of carbonyl (C=O) groups is 1. The molecule has 0 spiro atoms. The number of nitrogens with zero attached hydrogens (tertiary/aromatic N) is 1. The zero-order valence-corrected chi connectivity index (χ0v) is 15.8. The first-order valence-electron chi connectivity index (χ1n) is 7.60. The number of rotatable bonds is 4. The standard InChI is InChI=1S/C18H22BrNO3/c1-6-12-9-13(19)7-8-15(12)20-10-14-16(21)17(2,3)23-18(14,4)11-22-5/h7-9H,6,11H2,1-5H3. The number of benzene rings is 1. The average molecular weight is 380 g/mol. The van der Waals surface area contributed by atoms with Crippen LogP contribution >= 0.6 is 15.9 Å². The van der Waals surface area contributed by atoms with Gasteiger partial charge in [-0.3, -0.25) is 4.79 Å². The lowest BCUT2D eigenvalue weighted by atomic mass is 9.93. The minimum Gasteiger partial charge on any atom is -0.381 e. The van der Waals surface area contributed by atoms with Crippen molar-refractivity contribution >= 4 is 33.3 Å². The summed E-state index contributed by atoms with van der Waals surface area (Å²) in [6.07, 6.45) is 0.848. The third kappa shape index (κ3) is 3.64. The van der Waals surface area contributed by atoms with E-state index in [4.69, 9.17) is 9.47 Å². The highest BCUT2D eigenvalue weighted by molar-refractivity contribution is 9.10. The molecule has 1 aliphatic heterocycles. The maximum Gasteiger partial charge on any atom is 0.202 e. The molecule has 0 radical (unpaired) electrons. The van der Waals surface area contributed by atoms with Crippen molar-refractivity contribution in [3.8, 4) is 0 Å². The average Bonchev–Trinajstić information content (AvgIpc) is 2.64. The highest BCUT2D eigenvalue weighted by Crippen LogP contribution is 2.38. The first-order chi connectivity index (χ1) is 10.7. The van der Waals surface area contributed by atoms with Gasteiger partial charge >= 0.3 is 0 Å². The number of aryl methyl sites for hydroxylation is 1. The first-order valence-corrected chi connectivity index (χ1v) is 8.39. The maximum atomic E-state index is 12.6. The van der Waals surface area contributed by atoms with E-state index in [0.29, 0.717) is 5.57 Å². The molecule has 0 N–H and O–H groups in total. The summed E-state index contributed by atoms with van der Waals surface area (Å²) in [6, 6.07) is 5.86. The van der Waals surface area contributed by atoms with Crippen LogP contribution in [0, 0.1) is 0 Å². The third-order valence-electron chi connectivity index (χ3n) is 3.91. The Hall–Kier alpha value is -1.26. The normalized spacial score (nSPS) is 23.0. The van der Waals surface area contributed by atoms with Crippen LogP contribution in [0.15, 0.2) is 33.2 Å². The van der Waals surface area contributed by atoms with Gasteiger partial charge in [-0.05, 0) is 56.8 Å². The molecule has 1 aromatic carbocycles. The van der Waals surface area contributed by atoms with Crippen molar-refractivity contribution in [2.45, 2.75) is 45.3 Å². The van der Waals surface area contributed by atoms with E-state index in [1.807, 2.05) is 25.1 Å². The number of ketones is 1. The minimum atomic E-state index is -0.890. The van der Waals surface area contributed by atoms with Crippen molar-refractivity contribution in [3.05, 3.63) is 33.8 Å². The quantitative estimate of drug-likeness (QED) is 0.586. The molecule has 0 aromatic heterocycles. The van der Waals surface area contributed by atoms with Gasteiger partial charge in [0.15, 0.2) is 0 Å². The van der Waals surface area contributed by atoms with Gasteiger partial charge in [-0.25, -0.2) is 4.99 Å². The predicted octanol–water partition coefficient (Wildman–Crippen LogP) is 4.02. The number of hydrogen-bond donors (Lipinski definition) is 0. The van der Waals surface area contributed by atoms with E-state index in [-0.39, 0.29) is 12.4 Å². The van der Waals surface area contributed by atoms with Crippen molar-refractivity contribution in [2.24, 2.45) is 4.99 Å². The molecule has 5 heteroatoms. The smallest absolute Gasteiger partial charge is 0.202 e. The van der Waals surface area contributed by atoms with Gasteiger partial charge in [0.25, 0.3) is 0 Å². The summed E-state index contributed by atoms with van der Waals surface area (Å²) < 4.78 is 12.2. The van der Waals surface area contributed by atoms with Crippen LogP contribution in [0.1, 0.15) is 33.3 Å². The van der Waals surface area contributed by atoms with Crippen LogP contribution < -0.4 is 0 Å².